The van der Waals surface area contributed by atoms with Gasteiger partial charge in [0.2, 0.25) is 0 Å². The molecule has 0 aliphatic carbocycles. The van der Waals surface area contributed by atoms with Gasteiger partial charge in [-0.2, -0.15) is 12.8 Å². The Morgan fingerprint density at radius 2 is 1.92 bits per heavy atom. The Morgan fingerprint density at radius 3 is 2.62 bits per heavy atom. The van der Waals surface area contributed by atoms with E-state index in [-0.39, 0.29) is 4.90 Å². The summed E-state index contributed by atoms with van der Waals surface area (Å²) in [7, 11) is -3.84. The summed E-state index contributed by atoms with van der Waals surface area (Å²) in [5.74, 6) is 0. The number of nitrogens with zero attached hydrogens (tertiary/aromatic N) is 2. The molecule has 3 aromatic rings. The third-order valence-electron chi connectivity index (χ3n) is 3.85. The van der Waals surface area contributed by atoms with Gasteiger partial charge in [0.15, 0.2) is 0 Å². The molecule has 2 aromatic carbocycles. The Hall–Kier alpha value is -2.15. The van der Waals surface area contributed by atoms with Crippen LogP contribution in [0.2, 0.25) is 10.0 Å². The second-order valence-electron chi connectivity index (χ2n) is 5.67. The van der Waals surface area contributed by atoms with E-state index in [0.29, 0.717) is 33.2 Å². The van der Waals surface area contributed by atoms with Crippen LogP contribution in [-0.2, 0) is 16.6 Å². The van der Waals surface area contributed by atoms with Crippen molar-refractivity contribution >= 4 is 56.5 Å². The lowest BCUT2D eigenvalue weighted by Crippen LogP contribution is -2.04. The lowest BCUT2D eigenvalue weighted by atomic mass is 10.1. The minimum atomic E-state index is -3.84. The van der Waals surface area contributed by atoms with Gasteiger partial charge in [-0.05, 0) is 36.8 Å². The first-order chi connectivity index (χ1) is 12.3. The van der Waals surface area contributed by atoms with Gasteiger partial charge in [0.05, 0.1) is 15.6 Å². The van der Waals surface area contributed by atoms with Crippen LogP contribution in [0.25, 0.3) is 10.9 Å². The molecule has 0 atom stereocenters. The minimum absolute atomic E-state index is 0.0336. The zero-order valence-electron chi connectivity index (χ0n) is 13.8. The van der Waals surface area contributed by atoms with Crippen molar-refractivity contribution in [3.8, 4) is 0 Å². The van der Waals surface area contributed by atoms with E-state index < -0.39 is 10.0 Å². The van der Waals surface area contributed by atoms with Gasteiger partial charge in [-0.1, -0.05) is 41.4 Å². The Labute approximate surface area is 161 Å². The number of hydrogen-bond donors (Lipinski definition) is 1. The summed E-state index contributed by atoms with van der Waals surface area (Å²) in [6.45, 7) is 5.44. The fourth-order valence-corrected chi connectivity index (χ4v) is 3.73. The van der Waals surface area contributed by atoms with Crippen molar-refractivity contribution < 1.29 is 8.42 Å². The molecule has 134 valence electrons. The van der Waals surface area contributed by atoms with Crippen molar-refractivity contribution in [2.45, 2.75) is 18.4 Å². The Morgan fingerprint density at radius 1 is 1.15 bits per heavy atom. The summed E-state index contributed by atoms with van der Waals surface area (Å²) in [5, 5.41) is 4.96. The lowest BCUT2D eigenvalue weighted by molar-refractivity contribution is 0.599. The number of hydrogen-bond acceptors (Lipinski definition) is 4. The standard InChI is InChI=1S/C18H15Cl2N3O2S/c1-11-8-16(22-10-12-6-7-14(19)15(20)9-12)13-4-3-5-17(18(13)23-11)26(24,25)21-2/h3-9H,2,10H2,1H3,(H,22,23). The van der Waals surface area contributed by atoms with E-state index in [0.717, 1.165) is 11.3 Å². The molecular formula is C18H15Cl2N3O2S. The fraction of sp³-hybridized carbons (Fsp3) is 0.111. The highest BCUT2D eigenvalue weighted by molar-refractivity contribution is 7.90. The largest absolute Gasteiger partial charge is 0.380 e. The maximum atomic E-state index is 12.2. The zero-order chi connectivity index (χ0) is 18.9. The predicted molar refractivity (Wildman–Crippen MR) is 107 cm³/mol. The molecule has 1 aromatic heterocycles. The van der Waals surface area contributed by atoms with Crippen LogP contribution in [0.3, 0.4) is 0 Å². The highest BCUT2D eigenvalue weighted by atomic mass is 35.5. The normalized spacial score (nSPS) is 11.5. The molecule has 0 bridgehead atoms. The molecule has 3 rings (SSSR count). The van der Waals surface area contributed by atoms with Gasteiger partial charge in [-0.25, -0.2) is 0 Å². The molecule has 1 heterocycles. The first kappa shape index (κ1) is 18.6. The predicted octanol–water partition coefficient (Wildman–Crippen LogP) is 4.85. The number of fused-ring (bicyclic) bond motifs is 1. The summed E-state index contributed by atoms with van der Waals surface area (Å²) < 4.78 is 27.6. The number of anilines is 1. The number of aromatic nitrogens is 1. The van der Waals surface area contributed by atoms with E-state index in [1.807, 2.05) is 12.1 Å². The molecule has 0 unspecified atom stereocenters. The van der Waals surface area contributed by atoms with Crippen LogP contribution in [0, 0.1) is 6.92 Å². The smallest absolute Gasteiger partial charge is 0.283 e. The minimum Gasteiger partial charge on any atom is -0.380 e. The average molecular weight is 408 g/mol. The van der Waals surface area contributed by atoms with E-state index in [1.165, 1.54) is 6.07 Å². The summed E-state index contributed by atoms with van der Waals surface area (Å²) in [5.41, 5.74) is 2.75. The average Bonchev–Trinajstić information content (AvgIpc) is 2.61. The number of sulfonamides is 1. The fourth-order valence-electron chi connectivity index (χ4n) is 2.62. The third-order valence-corrected chi connectivity index (χ3v) is 5.81. The first-order valence-corrected chi connectivity index (χ1v) is 9.82. The Bertz CT molecular complexity index is 1110. The molecule has 8 heteroatoms. The van der Waals surface area contributed by atoms with E-state index in [1.54, 1.807) is 31.2 Å². The summed E-state index contributed by atoms with van der Waals surface area (Å²) >= 11 is 12.0. The van der Waals surface area contributed by atoms with E-state index >= 15 is 0 Å². The lowest BCUT2D eigenvalue weighted by Gasteiger charge is -2.13. The maximum absolute atomic E-state index is 12.2. The van der Waals surface area contributed by atoms with Gasteiger partial charge in [-0.3, -0.25) is 4.98 Å². The van der Waals surface area contributed by atoms with Crippen molar-refractivity contribution in [1.82, 2.24) is 4.98 Å². The second-order valence-corrected chi connectivity index (χ2v) is 8.13. The van der Waals surface area contributed by atoms with Crippen LogP contribution in [-0.4, -0.2) is 20.1 Å². The molecule has 0 saturated carbocycles. The molecule has 0 spiro atoms. The van der Waals surface area contributed by atoms with Crippen molar-refractivity contribution in [3.05, 3.63) is 63.8 Å². The van der Waals surface area contributed by atoms with Crippen LogP contribution >= 0.6 is 23.2 Å². The SMILES string of the molecule is C=NS(=O)(=O)c1cccc2c(NCc3ccc(Cl)c(Cl)c3)cc(C)nc12. The molecule has 26 heavy (non-hydrogen) atoms. The number of nitrogens with one attached hydrogen (secondary N) is 1. The summed E-state index contributed by atoms with van der Waals surface area (Å²) in [6, 6.07) is 12.2. The van der Waals surface area contributed by atoms with E-state index in [4.69, 9.17) is 23.2 Å². The highest BCUT2D eigenvalue weighted by Gasteiger charge is 2.18. The third kappa shape index (κ3) is 3.67. The number of benzene rings is 2. The van der Waals surface area contributed by atoms with E-state index in [9.17, 15) is 8.42 Å². The second kappa shape index (κ2) is 7.23. The molecular weight excluding hydrogens is 393 g/mol. The molecule has 0 aliphatic rings. The summed E-state index contributed by atoms with van der Waals surface area (Å²) in [6.07, 6.45) is 0. The van der Waals surface area contributed by atoms with Gasteiger partial charge in [-0.15, -0.1) is 0 Å². The first-order valence-electron chi connectivity index (χ1n) is 7.63. The van der Waals surface area contributed by atoms with Crippen LogP contribution in [0.5, 0.6) is 0 Å². The van der Waals surface area contributed by atoms with Crippen LogP contribution < -0.4 is 5.32 Å². The monoisotopic (exact) mass is 407 g/mol. The van der Waals surface area contributed by atoms with Gasteiger partial charge < -0.3 is 5.32 Å². The van der Waals surface area contributed by atoms with Gasteiger partial charge >= 0.3 is 0 Å². The number of halogens is 2. The highest BCUT2D eigenvalue weighted by Crippen LogP contribution is 2.30. The quantitative estimate of drug-likeness (QED) is 0.613. The number of pyridine rings is 1. The molecule has 0 radical (unpaired) electrons. The van der Waals surface area contributed by atoms with Gasteiger partial charge in [0.25, 0.3) is 10.0 Å². The molecule has 1 N–H and O–H groups in total. The van der Waals surface area contributed by atoms with Gasteiger partial charge in [0.1, 0.15) is 4.90 Å². The number of rotatable bonds is 5. The molecule has 0 amide bonds. The molecule has 0 fully saturated rings. The number of aryl methyl sites for hydroxylation is 1. The maximum Gasteiger partial charge on any atom is 0.283 e. The van der Waals surface area contributed by atoms with Crippen molar-refractivity contribution in [3.63, 3.8) is 0 Å². The summed E-state index contributed by atoms with van der Waals surface area (Å²) in [4.78, 5) is 4.42. The molecule has 0 saturated heterocycles. The van der Waals surface area contributed by atoms with Crippen LogP contribution in [0.4, 0.5) is 5.69 Å². The Balaban J connectivity index is 2.05. The van der Waals surface area contributed by atoms with Crippen molar-refractivity contribution in [1.29, 1.82) is 0 Å². The number of para-hydroxylation sites is 1. The van der Waals surface area contributed by atoms with E-state index in [2.05, 4.69) is 21.4 Å². The Kier molecular flexibility index (Phi) is 5.18. The van der Waals surface area contributed by atoms with Crippen LogP contribution in [0.1, 0.15) is 11.3 Å². The van der Waals surface area contributed by atoms with Crippen LogP contribution in [0.15, 0.2) is 51.8 Å². The van der Waals surface area contributed by atoms with Crippen molar-refractivity contribution in [2.24, 2.45) is 4.40 Å². The topological polar surface area (TPSA) is 71.4 Å². The zero-order valence-corrected chi connectivity index (χ0v) is 16.2. The molecule has 5 nitrogen and oxygen atoms in total. The van der Waals surface area contributed by atoms with Crippen molar-refractivity contribution in [2.75, 3.05) is 5.32 Å². The van der Waals surface area contributed by atoms with Gasteiger partial charge in [0, 0.05) is 30.0 Å². The molecule has 0 aliphatic heterocycles.